The van der Waals surface area contributed by atoms with Gasteiger partial charge in [0.1, 0.15) is 0 Å². The van der Waals surface area contributed by atoms with Gasteiger partial charge in [-0.05, 0) is 37.0 Å². The van der Waals surface area contributed by atoms with Crippen molar-refractivity contribution in [3.63, 3.8) is 0 Å². The molecule has 1 saturated heterocycles. The van der Waals surface area contributed by atoms with E-state index in [0.29, 0.717) is 6.42 Å². The van der Waals surface area contributed by atoms with Gasteiger partial charge in [0.05, 0.1) is 6.10 Å². The third kappa shape index (κ3) is 3.40. The molecule has 1 aliphatic rings. The van der Waals surface area contributed by atoms with E-state index in [1.165, 1.54) is 6.42 Å². The van der Waals surface area contributed by atoms with Gasteiger partial charge in [0.15, 0.2) is 0 Å². The van der Waals surface area contributed by atoms with Crippen LogP contribution in [0.15, 0.2) is 18.2 Å². The first kappa shape index (κ1) is 15.0. The van der Waals surface area contributed by atoms with Crippen molar-refractivity contribution in [3.8, 4) is 0 Å². The summed E-state index contributed by atoms with van der Waals surface area (Å²) >= 11 is 0. The van der Waals surface area contributed by atoms with Crippen LogP contribution in [0.25, 0.3) is 0 Å². The number of hydrogen-bond donors (Lipinski definition) is 1. The maximum Gasteiger partial charge on any atom is 0.227 e. The number of carbonyl (C=O) groups is 1. The first-order valence-electron chi connectivity index (χ1n) is 7.72. The Morgan fingerprint density at radius 3 is 2.75 bits per heavy atom. The summed E-state index contributed by atoms with van der Waals surface area (Å²) in [7, 11) is 0. The van der Waals surface area contributed by atoms with E-state index in [0.717, 1.165) is 49.0 Å². The number of anilines is 1. The number of benzene rings is 1. The Hall–Kier alpha value is -1.35. The molecule has 2 rings (SSSR count). The van der Waals surface area contributed by atoms with Crippen molar-refractivity contribution in [3.05, 3.63) is 29.3 Å². The van der Waals surface area contributed by atoms with Crippen molar-refractivity contribution >= 4 is 11.6 Å². The maximum absolute atomic E-state index is 11.8. The minimum atomic E-state index is -0.386. The second kappa shape index (κ2) is 6.89. The fourth-order valence-corrected chi connectivity index (χ4v) is 2.85. The molecule has 0 bridgehead atoms. The Bertz CT molecular complexity index is 470. The van der Waals surface area contributed by atoms with Gasteiger partial charge in [-0.1, -0.05) is 38.3 Å². The van der Waals surface area contributed by atoms with Gasteiger partial charge in [-0.25, -0.2) is 0 Å². The second-order valence-electron chi connectivity index (χ2n) is 5.71. The predicted octanol–water partition coefficient (Wildman–Crippen LogP) is 3.74. The molecular formula is C17H25NO2. The molecule has 0 aromatic heterocycles. The molecule has 0 radical (unpaired) electrons. The van der Waals surface area contributed by atoms with Crippen LogP contribution < -0.4 is 4.90 Å². The number of unbranched alkanes of at least 4 members (excludes halogenated alkanes) is 2. The molecule has 1 N–H and O–H groups in total. The number of amides is 1. The summed E-state index contributed by atoms with van der Waals surface area (Å²) < 4.78 is 0. The van der Waals surface area contributed by atoms with E-state index in [1.54, 1.807) is 0 Å². The third-order valence-corrected chi connectivity index (χ3v) is 4.05. The fourth-order valence-electron chi connectivity index (χ4n) is 2.85. The number of nitrogens with zero attached hydrogens (tertiary/aromatic N) is 1. The zero-order valence-electron chi connectivity index (χ0n) is 12.6. The minimum absolute atomic E-state index is 0.212. The Kier molecular flexibility index (Phi) is 5.18. The van der Waals surface area contributed by atoms with E-state index in [-0.39, 0.29) is 12.0 Å². The average Bonchev–Trinajstić information content (AvgIpc) is 2.85. The number of rotatable bonds is 6. The molecule has 110 valence electrons. The molecule has 1 amide bonds. The highest BCUT2D eigenvalue weighted by atomic mass is 16.3. The van der Waals surface area contributed by atoms with E-state index in [2.05, 4.69) is 6.92 Å². The van der Waals surface area contributed by atoms with Gasteiger partial charge >= 0.3 is 0 Å². The molecule has 1 fully saturated rings. The van der Waals surface area contributed by atoms with Crippen molar-refractivity contribution < 1.29 is 9.90 Å². The summed E-state index contributed by atoms with van der Waals surface area (Å²) in [6.07, 6.45) is 5.42. The standard InChI is InChI=1S/C17H25NO2/c1-3-4-5-7-16(19)14-9-10-15(13(2)12-14)18-11-6-8-17(18)20/h9-10,12,16,19H,3-8,11H2,1-2H3. The number of hydrogen-bond acceptors (Lipinski definition) is 2. The SMILES string of the molecule is CCCCCC(O)c1ccc(N2CCCC2=O)c(C)c1. The van der Waals surface area contributed by atoms with Crippen LogP contribution in [0.1, 0.15) is 62.7 Å². The molecule has 1 aliphatic heterocycles. The lowest BCUT2D eigenvalue weighted by molar-refractivity contribution is -0.117. The lowest BCUT2D eigenvalue weighted by Gasteiger charge is -2.20. The first-order valence-corrected chi connectivity index (χ1v) is 7.72. The summed E-state index contributed by atoms with van der Waals surface area (Å²) in [6, 6.07) is 5.97. The van der Waals surface area contributed by atoms with Crippen molar-refractivity contribution in [2.24, 2.45) is 0 Å². The van der Waals surface area contributed by atoms with Gasteiger partial charge in [0.25, 0.3) is 0 Å². The van der Waals surface area contributed by atoms with Crippen LogP contribution in [0.2, 0.25) is 0 Å². The highest BCUT2D eigenvalue weighted by Crippen LogP contribution is 2.29. The van der Waals surface area contributed by atoms with Crippen LogP contribution in [0.5, 0.6) is 0 Å². The lowest BCUT2D eigenvalue weighted by Crippen LogP contribution is -2.24. The summed E-state index contributed by atoms with van der Waals surface area (Å²) in [5.41, 5.74) is 3.04. The molecule has 0 saturated carbocycles. The molecule has 0 aliphatic carbocycles. The highest BCUT2D eigenvalue weighted by Gasteiger charge is 2.23. The van der Waals surface area contributed by atoms with E-state index in [9.17, 15) is 9.90 Å². The van der Waals surface area contributed by atoms with Gasteiger partial charge in [-0.3, -0.25) is 4.79 Å². The summed E-state index contributed by atoms with van der Waals surface area (Å²) in [5.74, 6) is 0.212. The summed E-state index contributed by atoms with van der Waals surface area (Å²) in [6.45, 7) is 5.00. The molecule has 1 aromatic rings. The fraction of sp³-hybridized carbons (Fsp3) is 0.588. The molecule has 0 spiro atoms. The van der Waals surface area contributed by atoms with Gasteiger partial charge in [0, 0.05) is 18.7 Å². The van der Waals surface area contributed by atoms with Crippen LogP contribution in [-0.2, 0) is 4.79 Å². The van der Waals surface area contributed by atoms with Gasteiger partial charge in [-0.15, -0.1) is 0 Å². The van der Waals surface area contributed by atoms with Crippen LogP contribution in [0, 0.1) is 6.92 Å². The van der Waals surface area contributed by atoms with E-state index in [4.69, 9.17) is 0 Å². The molecule has 20 heavy (non-hydrogen) atoms. The molecule has 1 aromatic carbocycles. The van der Waals surface area contributed by atoms with Crippen molar-refractivity contribution in [1.29, 1.82) is 0 Å². The maximum atomic E-state index is 11.8. The van der Waals surface area contributed by atoms with Crippen LogP contribution >= 0.6 is 0 Å². The quantitative estimate of drug-likeness (QED) is 0.803. The summed E-state index contributed by atoms with van der Waals surface area (Å²) in [4.78, 5) is 13.7. The smallest absolute Gasteiger partial charge is 0.227 e. The molecule has 1 unspecified atom stereocenters. The van der Waals surface area contributed by atoms with Gasteiger partial charge < -0.3 is 10.0 Å². The molecule has 1 heterocycles. The predicted molar refractivity (Wildman–Crippen MR) is 81.9 cm³/mol. The van der Waals surface area contributed by atoms with Crippen molar-refractivity contribution in [2.45, 2.75) is 58.5 Å². The van der Waals surface area contributed by atoms with Crippen LogP contribution in [0.3, 0.4) is 0 Å². The Balaban J connectivity index is 2.07. The second-order valence-corrected chi connectivity index (χ2v) is 5.71. The van der Waals surface area contributed by atoms with E-state index < -0.39 is 0 Å². The average molecular weight is 275 g/mol. The molecule has 1 atom stereocenters. The molecule has 3 heteroatoms. The number of aryl methyl sites for hydroxylation is 1. The van der Waals surface area contributed by atoms with Gasteiger partial charge in [-0.2, -0.15) is 0 Å². The Labute approximate surface area is 121 Å². The Morgan fingerprint density at radius 1 is 1.35 bits per heavy atom. The largest absolute Gasteiger partial charge is 0.388 e. The molecular weight excluding hydrogens is 250 g/mol. The monoisotopic (exact) mass is 275 g/mol. The topological polar surface area (TPSA) is 40.5 Å². The zero-order chi connectivity index (χ0) is 14.5. The van der Waals surface area contributed by atoms with Crippen LogP contribution in [-0.4, -0.2) is 17.6 Å². The minimum Gasteiger partial charge on any atom is -0.388 e. The summed E-state index contributed by atoms with van der Waals surface area (Å²) in [5, 5.41) is 10.2. The third-order valence-electron chi connectivity index (χ3n) is 4.05. The van der Waals surface area contributed by atoms with Gasteiger partial charge in [0.2, 0.25) is 5.91 Å². The number of aliphatic hydroxyl groups is 1. The van der Waals surface area contributed by atoms with Crippen molar-refractivity contribution in [2.75, 3.05) is 11.4 Å². The number of aliphatic hydroxyl groups excluding tert-OH is 1. The van der Waals surface area contributed by atoms with Crippen molar-refractivity contribution in [1.82, 2.24) is 0 Å². The zero-order valence-corrected chi connectivity index (χ0v) is 12.6. The first-order chi connectivity index (χ1) is 9.63. The Morgan fingerprint density at radius 2 is 2.15 bits per heavy atom. The normalized spacial score (nSPS) is 16.8. The lowest BCUT2D eigenvalue weighted by atomic mass is 10.0. The highest BCUT2D eigenvalue weighted by molar-refractivity contribution is 5.96. The van der Waals surface area contributed by atoms with E-state index in [1.807, 2.05) is 30.0 Å². The molecule has 3 nitrogen and oxygen atoms in total. The number of carbonyl (C=O) groups excluding carboxylic acids is 1. The van der Waals surface area contributed by atoms with E-state index >= 15 is 0 Å². The van der Waals surface area contributed by atoms with Crippen LogP contribution in [0.4, 0.5) is 5.69 Å².